The lowest BCUT2D eigenvalue weighted by molar-refractivity contribution is -0.123. The molecule has 0 aromatic heterocycles. The van der Waals surface area contributed by atoms with E-state index in [-0.39, 0.29) is 35.9 Å². The van der Waals surface area contributed by atoms with E-state index in [0.29, 0.717) is 5.75 Å². The van der Waals surface area contributed by atoms with Gasteiger partial charge in [0, 0.05) is 13.1 Å². The number of carbonyl (C=O) groups excluding carboxylic acids is 1. The molecule has 0 heterocycles. The van der Waals surface area contributed by atoms with E-state index < -0.39 is 10.0 Å². The lowest BCUT2D eigenvalue weighted by atomic mass is 9.85. The van der Waals surface area contributed by atoms with Gasteiger partial charge in [-0.25, -0.2) is 13.1 Å². The maximum absolute atomic E-state index is 12.3. The number of rotatable bonds is 9. The van der Waals surface area contributed by atoms with Gasteiger partial charge in [-0.2, -0.15) is 0 Å². The predicted molar refractivity (Wildman–Crippen MR) is 119 cm³/mol. The number of sulfonamides is 1. The van der Waals surface area contributed by atoms with Gasteiger partial charge in [0.05, 0.1) is 4.90 Å². The molecule has 0 saturated carbocycles. The number of hydrogen-bond acceptors (Lipinski definition) is 4. The van der Waals surface area contributed by atoms with Crippen molar-refractivity contribution in [1.29, 1.82) is 0 Å². The molecular weight excluding hydrogens is 400 g/mol. The van der Waals surface area contributed by atoms with E-state index in [0.717, 1.165) is 23.1 Å². The second kappa shape index (κ2) is 10.1. The van der Waals surface area contributed by atoms with Crippen LogP contribution in [0.3, 0.4) is 0 Å². The number of carbonyl (C=O) groups is 1. The Bertz CT molecular complexity index is 962. The molecule has 0 saturated heterocycles. The standard InChI is InChI=1S/C23H32N2O4S/c1-6-18-8-10-19(11-9-18)30(27,28)25-14-13-24-22(26)16-29-21-12-7-17(2)15-20(21)23(3,4)5/h7-12,15,25H,6,13-14,16H2,1-5H3,(H,24,26). The second-order valence-electron chi connectivity index (χ2n) is 8.28. The van der Waals surface area contributed by atoms with Gasteiger partial charge in [-0.15, -0.1) is 0 Å². The van der Waals surface area contributed by atoms with Crippen molar-refractivity contribution in [3.05, 3.63) is 59.2 Å². The summed E-state index contributed by atoms with van der Waals surface area (Å²) in [5, 5.41) is 2.67. The van der Waals surface area contributed by atoms with Crippen molar-refractivity contribution in [1.82, 2.24) is 10.0 Å². The van der Waals surface area contributed by atoms with E-state index >= 15 is 0 Å². The maximum atomic E-state index is 12.3. The zero-order chi connectivity index (χ0) is 22.4. The van der Waals surface area contributed by atoms with Crippen LogP contribution in [-0.4, -0.2) is 34.0 Å². The highest BCUT2D eigenvalue weighted by Gasteiger charge is 2.20. The molecule has 2 aromatic carbocycles. The SMILES string of the molecule is CCc1ccc(S(=O)(=O)NCCNC(=O)COc2ccc(C)cc2C(C)(C)C)cc1. The van der Waals surface area contributed by atoms with Gasteiger partial charge in [-0.1, -0.05) is 57.5 Å². The molecule has 7 heteroatoms. The summed E-state index contributed by atoms with van der Waals surface area (Å²) in [4.78, 5) is 12.3. The molecule has 164 valence electrons. The minimum absolute atomic E-state index is 0.0986. The Morgan fingerprint density at radius 1 is 1.03 bits per heavy atom. The number of hydrogen-bond donors (Lipinski definition) is 2. The van der Waals surface area contributed by atoms with E-state index in [9.17, 15) is 13.2 Å². The average molecular weight is 433 g/mol. The molecule has 2 rings (SSSR count). The van der Waals surface area contributed by atoms with Crippen LogP contribution in [0.2, 0.25) is 0 Å². The molecule has 6 nitrogen and oxygen atoms in total. The Labute approximate surface area is 180 Å². The van der Waals surface area contributed by atoms with Crippen LogP contribution in [0.25, 0.3) is 0 Å². The molecular formula is C23H32N2O4S. The molecule has 1 amide bonds. The highest BCUT2D eigenvalue weighted by molar-refractivity contribution is 7.89. The summed E-state index contributed by atoms with van der Waals surface area (Å²) in [5.74, 6) is 0.376. The maximum Gasteiger partial charge on any atom is 0.257 e. The fraction of sp³-hybridized carbons (Fsp3) is 0.435. The second-order valence-corrected chi connectivity index (χ2v) is 10.1. The van der Waals surface area contributed by atoms with Crippen LogP contribution in [0.1, 0.15) is 44.4 Å². The minimum atomic E-state index is -3.60. The van der Waals surface area contributed by atoms with E-state index in [4.69, 9.17) is 4.74 Å². The molecule has 2 N–H and O–H groups in total. The van der Waals surface area contributed by atoms with Gasteiger partial charge in [0.15, 0.2) is 6.61 Å². The van der Waals surface area contributed by atoms with Crippen molar-refractivity contribution in [3.63, 3.8) is 0 Å². The molecule has 0 spiro atoms. The predicted octanol–water partition coefficient (Wildman–Crippen LogP) is 3.33. The van der Waals surface area contributed by atoms with Crippen LogP contribution < -0.4 is 14.8 Å². The minimum Gasteiger partial charge on any atom is -0.483 e. The third-order valence-corrected chi connectivity index (χ3v) is 6.16. The summed E-state index contributed by atoms with van der Waals surface area (Å²) in [5.41, 5.74) is 3.14. The highest BCUT2D eigenvalue weighted by Crippen LogP contribution is 2.32. The normalized spacial score (nSPS) is 11.9. The number of nitrogens with one attached hydrogen (secondary N) is 2. The Morgan fingerprint density at radius 3 is 2.30 bits per heavy atom. The number of aryl methyl sites for hydroxylation is 2. The van der Waals surface area contributed by atoms with E-state index in [2.05, 4.69) is 36.9 Å². The first-order valence-electron chi connectivity index (χ1n) is 10.1. The van der Waals surface area contributed by atoms with Crippen molar-refractivity contribution >= 4 is 15.9 Å². The van der Waals surface area contributed by atoms with Crippen molar-refractivity contribution in [2.24, 2.45) is 0 Å². The summed E-state index contributed by atoms with van der Waals surface area (Å²) >= 11 is 0. The lowest BCUT2D eigenvalue weighted by Crippen LogP contribution is -2.36. The summed E-state index contributed by atoms with van der Waals surface area (Å²) in [6, 6.07) is 12.7. The summed E-state index contributed by atoms with van der Waals surface area (Å²) in [7, 11) is -3.60. The Hall–Kier alpha value is -2.38. The molecule has 0 atom stereocenters. The van der Waals surface area contributed by atoms with Gasteiger partial charge in [-0.3, -0.25) is 4.79 Å². The zero-order valence-corrected chi connectivity index (χ0v) is 19.2. The summed E-state index contributed by atoms with van der Waals surface area (Å²) < 4.78 is 32.8. The van der Waals surface area contributed by atoms with Crippen molar-refractivity contribution in [3.8, 4) is 5.75 Å². The Morgan fingerprint density at radius 2 is 1.70 bits per heavy atom. The monoisotopic (exact) mass is 432 g/mol. The molecule has 30 heavy (non-hydrogen) atoms. The molecule has 0 aliphatic carbocycles. The third-order valence-electron chi connectivity index (χ3n) is 4.68. The zero-order valence-electron chi connectivity index (χ0n) is 18.4. The van der Waals surface area contributed by atoms with Crippen molar-refractivity contribution in [2.75, 3.05) is 19.7 Å². The molecule has 0 fully saturated rings. The van der Waals surface area contributed by atoms with Crippen LogP contribution in [0.15, 0.2) is 47.4 Å². The molecule has 0 radical (unpaired) electrons. The fourth-order valence-corrected chi connectivity index (χ4v) is 3.96. The van der Waals surface area contributed by atoms with Gasteiger partial charge in [0.1, 0.15) is 5.75 Å². The van der Waals surface area contributed by atoms with E-state index in [1.165, 1.54) is 0 Å². The van der Waals surface area contributed by atoms with Gasteiger partial charge in [0.25, 0.3) is 5.91 Å². The third kappa shape index (κ3) is 6.85. The van der Waals surface area contributed by atoms with Crippen molar-refractivity contribution in [2.45, 2.75) is 51.3 Å². The number of amides is 1. The van der Waals surface area contributed by atoms with Gasteiger partial charge in [0.2, 0.25) is 10.0 Å². The summed E-state index contributed by atoms with van der Waals surface area (Å²) in [6.07, 6.45) is 0.849. The smallest absolute Gasteiger partial charge is 0.257 e. The molecule has 0 aliphatic rings. The quantitative estimate of drug-likeness (QED) is 0.595. The molecule has 0 aliphatic heterocycles. The van der Waals surface area contributed by atoms with Crippen LogP contribution >= 0.6 is 0 Å². The van der Waals surface area contributed by atoms with Crippen LogP contribution in [0.4, 0.5) is 0 Å². The molecule has 0 unspecified atom stereocenters. The van der Waals surface area contributed by atoms with E-state index in [1.807, 2.05) is 26.0 Å². The average Bonchev–Trinajstić information content (AvgIpc) is 2.69. The van der Waals surface area contributed by atoms with Crippen molar-refractivity contribution < 1.29 is 17.9 Å². The Balaban J connectivity index is 1.82. The van der Waals surface area contributed by atoms with Crippen LogP contribution in [-0.2, 0) is 26.7 Å². The topological polar surface area (TPSA) is 84.5 Å². The lowest BCUT2D eigenvalue weighted by Gasteiger charge is -2.23. The van der Waals surface area contributed by atoms with Gasteiger partial charge in [-0.05, 0) is 48.1 Å². The first-order chi connectivity index (χ1) is 14.0. The molecule has 2 aromatic rings. The van der Waals surface area contributed by atoms with E-state index in [1.54, 1.807) is 24.3 Å². The summed E-state index contributed by atoms with van der Waals surface area (Å²) in [6.45, 7) is 10.5. The first kappa shape index (κ1) is 23.9. The largest absolute Gasteiger partial charge is 0.483 e. The molecule has 0 bridgehead atoms. The highest BCUT2D eigenvalue weighted by atomic mass is 32.2. The first-order valence-corrected chi connectivity index (χ1v) is 11.6. The number of benzene rings is 2. The van der Waals surface area contributed by atoms with Gasteiger partial charge >= 0.3 is 0 Å². The van der Waals surface area contributed by atoms with Gasteiger partial charge < -0.3 is 10.1 Å². The van der Waals surface area contributed by atoms with Crippen LogP contribution in [0, 0.1) is 6.92 Å². The van der Waals surface area contributed by atoms with Crippen LogP contribution in [0.5, 0.6) is 5.75 Å². The Kier molecular flexibility index (Phi) is 8.03. The number of ether oxygens (including phenoxy) is 1. The fourth-order valence-electron chi connectivity index (χ4n) is 2.93.